The highest BCUT2D eigenvalue weighted by molar-refractivity contribution is 6.31. The van der Waals surface area contributed by atoms with Gasteiger partial charge in [-0.15, -0.1) is 0 Å². The van der Waals surface area contributed by atoms with Gasteiger partial charge in [0.25, 0.3) is 0 Å². The summed E-state index contributed by atoms with van der Waals surface area (Å²) in [4.78, 5) is 14.0. The van der Waals surface area contributed by atoms with Crippen molar-refractivity contribution >= 4 is 23.2 Å². The summed E-state index contributed by atoms with van der Waals surface area (Å²) < 4.78 is 0. The molecule has 19 heavy (non-hydrogen) atoms. The maximum Gasteiger partial charge on any atom is 0.238 e. The molecule has 0 aliphatic carbocycles. The second kappa shape index (κ2) is 6.37. The van der Waals surface area contributed by atoms with Gasteiger partial charge in [0, 0.05) is 16.8 Å². The second-order valence-electron chi connectivity index (χ2n) is 4.91. The van der Waals surface area contributed by atoms with E-state index in [4.69, 9.17) is 11.6 Å². The minimum absolute atomic E-state index is 0.0642. The number of nitrogens with zero attached hydrogens (tertiary/aromatic N) is 1. The second-order valence-corrected chi connectivity index (χ2v) is 5.32. The van der Waals surface area contributed by atoms with E-state index in [0.717, 1.165) is 30.6 Å². The average Bonchev–Trinajstić information content (AvgIpc) is 2.82. The van der Waals surface area contributed by atoms with Crippen LogP contribution < -0.4 is 5.32 Å². The molecule has 104 valence electrons. The molecule has 1 aromatic carbocycles. The molecule has 5 heteroatoms. The Labute approximate surface area is 118 Å². The van der Waals surface area contributed by atoms with Crippen molar-refractivity contribution in [3.63, 3.8) is 0 Å². The number of hydrogen-bond acceptors (Lipinski definition) is 3. The molecule has 1 heterocycles. The maximum absolute atomic E-state index is 12.0. The van der Waals surface area contributed by atoms with Gasteiger partial charge in [0.05, 0.1) is 13.2 Å². The Balaban J connectivity index is 1.96. The van der Waals surface area contributed by atoms with Crippen molar-refractivity contribution in [2.45, 2.75) is 25.8 Å². The van der Waals surface area contributed by atoms with E-state index in [2.05, 4.69) is 5.32 Å². The third-order valence-electron chi connectivity index (χ3n) is 3.60. The van der Waals surface area contributed by atoms with E-state index in [9.17, 15) is 9.90 Å². The van der Waals surface area contributed by atoms with Gasteiger partial charge in [-0.2, -0.15) is 0 Å². The lowest BCUT2D eigenvalue weighted by Crippen LogP contribution is -2.38. The Morgan fingerprint density at radius 3 is 3.11 bits per heavy atom. The van der Waals surface area contributed by atoms with Crippen molar-refractivity contribution in [3.8, 4) is 0 Å². The van der Waals surface area contributed by atoms with Crippen LogP contribution in [0.2, 0.25) is 5.02 Å². The van der Waals surface area contributed by atoms with Crippen LogP contribution >= 0.6 is 11.6 Å². The Morgan fingerprint density at radius 2 is 2.37 bits per heavy atom. The predicted octanol–water partition coefficient (Wildman–Crippen LogP) is 2.04. The zero-order valence-corrected chi connectivity index (χ0v) is 11.8. The normalized spacial score (nSPS) is 19.6. The third kappa shape index (κ3) is 3.47. The molecule has 1 unspecified atom stereocenters. The number of halogens is 1. The number of aliphatic hydroxyl groups excluding tert-OH is 1. The van der Waals surface area contributed by atoms with Gasteiger partial charge >= 0.3 is 0 Å². The number of benzene rings is 1. The van der Waals surface area contributed by atoms with Crippen LogP contribution in [0.4, 0.5) is 5.69 Å². The highest BCUT2D eigenvalue weighted by atomic mass is 35.5. The third-order valence-corrected chi connectivity index (χ3v) is 4.01. The molecule has 4 nitrogen and oxygen atoms in total. The molecule has 1 aromatic rings. The molecule has 1 amide bonds. The van der Waals surface area contributed by atoms with Gasteiger partial charge in [0.1, 0.15) is 0 Å². The fourth-order valence-corrected chi connectivity index (χ4v) is 2.60. The summed E-state index contributed by atoms with van der Waals surface area (Å²) in [6, 6.07) is 5.57. The predicted molar refractivity (Wildman–Crippen MR) is 76.5 cm³/mol. The monoisotopic (exact) mass is 282 g/mol. The van der Waals surface area contributed by atoms with Gasteiger partial charge in [-0.25, -0.2) is 0 Å². The molecule has 1 aliphatic heterocycles. The van der Waals surface area contributed by atoms with Gasteiger partial charge < -0.3 is 10.4 Å². The summed E-state index contributed by atoms with van der Waals surface area (Å²) >= 11 is 6.02. The quantitative estimate of drug-likeness (QED) is 0.889. The van der Waals surface area contributed by atoms with Crippen molar-refractivity contribution in [3.05, 3.63) is 28.8 Å². The number of rotatable bonds is 4. The summed E-state index contributed by atoms with van der Waals surface area (Å²) in [5.74, 6) is -0.0642. The van der Waals surface area contributed by atoms with Gasteiger partial charge in [0.15, 0.2) is 0 Å². The van der Waals surface area contributed by atoms with Crippen LogP contribution in [0, 0.1) is 6.92 Å². The lowest BCUT2D eigenvalue weighted by molar-refractivity contribution is -0.117. The molecule has 0 spiro atoms. The Hall–Kier alpha value is -1.10. The van der Waals surface area contributed by atoms with Crippen LogP contribution in [-0.2, 0) is 4.79 Å². The Morgan fingerprint density at radius 1 is 1.58 bits per heavy atom. The van der Waals surface area contributed by atoms with Crippen LogP contribution in [0.25, 0.3) is 0 Å². The molecular formula is C14H19ClN2O2. The van der Waals surface area contributed by atoms with Crippen LogP contribution in [0.5, 0.6) is 0 Å². The highest BCUT2D eigenvalue weighted by Crippen LogP contribution is 2.23. The number of aliphatic hydroxyl groups is 1. The first kappa shape index (κ1) is 14.3. The van der Waals surface area contributed by atoms with Crippen molar-refractivity contribution in [1.29, 1.82) is 0 Å². The number of anilines is 1. The zero-order chi connectivity index (χ0) is 13.8. The average molecular weight is 283 g/mol. The number of carbonyl (C=O) groups excluding carboxylic acids is 1. The lowest BCUT2D eigenvalue weighted by Gasteiger charge is -2.22. The summed E-state index contributed by atoms with van der Waals surface area (Å²) in [5.41, 5.74) is 1.62. The fraction of sp³-hybridized carbons (Fsp3) is 0.500. The summed E-state index contributed by atoms with van der Waals surface area (Å²) in [6.45, 7) is 3.18. The number of hydrogen-bond donors (Lipinski definition) is 2. The largest absolute Gasteiger partial charge is 0.395 e. The number of likely N-dealkylation sites (tertiary alicyclic amines) is 1. The van der Waals surface area contributed by atoms with Gasteiger partial charge in [-0.3, -0.25) is 9.69 Å². The summed E-state index contributed by atoms with van der Waals surface area (Å²) in [7, 11) is 0. The minimum Gasteiger partial charge on any atom is -0.395 e. The molecule has 0 aromatic heterocycles. The standard InChI is InChI=1S/C14H19ClN2O2/c1-10-12(15)5-2-6-13(10)16-14(19)8-17-7-3-4-11(17)9-18/h2,5-6,11,18H,3-4,7-9H2,1H3,(H,16,19). The molecule has 2 N–H and O–H groups in total. The molecular weight excluding hydrogens is 264 g/mol. The van der Waals surface area contributed by atoms with Crippen LogP contribution in [-0.4, -0.2) is 41.7 Å². The van der Waals surface area contributed by atoms with Crippen molar-refractivity contribution in [2.24, 2.45) is 0 Å². The first-order chi connectivity index (χ1) is 9.11. The molecule has 0 saturated carbocycles. The van der Waals surface area contributed by atoms with Crippen molar-refractivity contribution in [1.82, 2.24) is 4.90 Å². The van der Waals surface area contributed by atoms with Crippen molar-refractivity contribution in [2.75, 3.05) is 25.0 Å². The van der Waals surface area contributed by atoms with Gasteiger partial charge in [-0.1, -0.05) is 17.7 Å². The van der Waals surface area contributed by atoms with E-state index in [-0.39, 0.29) is 18.6 Å². The fourth-order valence-electron chi connectivity index (χ4n) is 2.43. The molecule has 2 rings (SSSR count). The Bertz CT molecular complexity index is 465. The zero-order valence-electron chi connectivity index (χ0n) is 11.0. The maximum atomic E-state index is 12.0. The summed E-state index contributed by atoms with van der Waals surface area (Å²) in [6.07, 6.45) is 1.99. The van der Waals surface area contributed by atoms with E-state index in [1.807, 2.05) is 24.0 Å². The van der Waals surface area contributed by atoms with E-state index >= 15 is 0 Å². The van der Waals surface area contributed by atoms with Crippen molar-refractivity contribution < 1.29 is 9.90 Å². The molecule has 1 fully saturated rings. The number of amides is 1. The van der Waals surface area contributed by atoms with E-state index < -0.39 is 0 Å². The van der Waals surface area contributed by atoms with Crippen LogP contribution in [0.3, 0.4) is 0 Å². The topological polar surface area (TPSA) is 52.6 Å². The first-order valence-electron chi connectivity index (χ1n) is 6.51. The molecule has 0 radical (unpaired) electrons. The van der Waals surface area contributed by atoms with E-state index in [1.165, 1.54) is 0 Å². The highest BCUT2D eigenvalue weighted by Gasteiger charge is 2.25. The molecule has 1 atom stereocenters. The number of nitrogens with one attached hydrogen (secondary N) is 1. The molecule has 0 bridgehead atoms. The van der Waals surface area contributed by atoms with Crippen LogP contribution in [0.15, 0.2) is 18.2 Å². The summed E-state index contributed by atoms with van der Waals surface area (Å²) in [5, 5.41) is 12.8. The van der Waals surface area contributed by atoms with Gasteiger partial charge in [-0.05, 0) is 44.0 Å². The lowest BCUT2D eigenvalue weighted by atomic mass is 10.2. The first-order valence-corrected chi connectivity index (χ1v) is 6.89. The molecule has 1 saturated heterocycles. The minimum atomic E-state index is -0.0642. The van der Waals surface area contributed by atoms with E-state index in [0.29, 0.717) is 11.6 Å². The van der Waals surface area contributed by atoms with E-state index in [1.54, 1.807) is 6.07 Å². The SMILES string of the molecule is Cc1c(Cl)cccc1NC(=O)CN1CCCC1CO. The number of carbonyl (C=O) groups is 1. The Kier molecular flexibility index (Phi) is 4.80. The molecule has 1 aliphatic rings. The van der Waals surface area contributed by atoms with Crippen LogP contribution in [0.1, 0.15) is 18.4 Å². The van der Waals surface area contributed by atoms with Gasteiger partial charge in [0.2, 0.25) is 5.91 Å². The smallest absolute Gasteiger partial charge is 0.238 e.